The van der Waals surface area contributed by atoms with Crippen LogP contribution in [0.4, 0.5) is 0 Å². The van der Waals surface area contributed by atoms with Gasteiger partial charge in [-0.15, -0.1) is 0 Å². The van der Waals surface area contributed by atoms with Gasteiger partial charge in [-0.2, -0.15) is 0 Å². The lowest BCUT2D eigenvalue weighted by Gasteiger charge is -2.31. The Morgan fingerprint density at radius 1 is 0.268 bits per heavy atom. The Hall–Kier alpha value is -9.38. The third-order valence-electron chi connectivity index (χ3n) is 15.2. The minimum Gasteiger partial charge on any atom is -0.265 e. The van der Waals surface area contributed by atoms with Gasteiger partial charge < -0.3 is 0 Å². The normalized spacial score (nSPS) is 12.9. The van der Waals surface area contributed by atoms with Crippen molar-refractivity contribution in [2.45, 2.75) is 5.41 Å². The van der Waals surface area contributed by atoms with Crippen LogP contribution in [0.5, 0.6) is 0 Å². The molecule has 3 heterocycles. The van der Waals surface area contributed by atoms with Crippen molar-refractivity contribution >= 4 is 10.8 Å². The third-order valence-corrected chi connectivity index (χ3v) is 15.2. The number of fused-ring (bicyclic) bond motifs is 13. The van der Waals surface area contributed by atoms with Gasteiger partial charge in [0.05, 0.1) is 16.8 Å². The SMILES string of the molecule is c1ccc(-c2cc3c4c(cccc4c2)-c2c-3cc3c(c2-c2nc(-c4cccc(-c5ccncc5)c4)cc(-c4cccc(-c5ccncc5)c4)n2)-c2ccccc2C32c3ccccc3-c3ccccc32)cc1. The second-order valence-corrected chi connectivity index (χ2v) is 18.9. The van der Waals surface area contributed by atoms with Gasteiger partial charge in [0.15, 0.2) is 5.82 Å². The lowest BCUT2D eigenvalue weighted by molar-refractivity contribution is 0.794. The maximum Gasteiger partial charge on any atom is 0.161 e. The van der Waals surface area contributed by atoms with Gasteiger partial charge in [0.1, 0.15) is 0 Å². The predicted molar refractivity (Wildman–Crippen MR) is 288 cm³/mol. The third kappa shape index (κ3) is 5.79. The molecular weight excluding hydrogens is 861 g/mol. The van der Waals surface area contributed by atoms with E-state index in [2.05, 4.69) is 228 Å². The molecule has 1 spiro atoms. The summed E-state index contributed by atoms with van der Waals surface area (Å²) >= 11 is 0. The van der Waals surface area contributed by atoms with E-state index in [1.165, 1.54) is 88.7 Å². The van der Waals surface area contributed by atoms with Crippen LogP contribution in [0, 0.1) is 0 Å². The first kappa shape index (κ1) is 39.6. The van der Waals surface area contributed by atoms with E-state index in [0.29, 0.717) is 5.82 Å². The lowest BCUT2D eigenvalue weighted by Crippen LogP contribution is -2.26. The highest BCUT2D eigenvalue weighted by Crippen LogP contribution is 2.67. The monoisotopic (exact) mass is 900 g/mol. The molecule has 0 amide bonds. The number of benzene rings is 9. The molecule has 0 fully saturated rings. The Labute approximate surface area is 411 Å². The maximum atomic E-state index is 5.81. The molecule has 328 valence electrons. The van der Waals surface area contributed by atoms with Crippen LogP contribution in [-0.2, 0) is 5.41 Å². The second-order valence-electron chi connectivity index (χ2n) is 18.9. The van der Waals surface area contributed by atoms with E-state index in [1.54, 1.807) is 0 Å². The molecule has 0 aliphatic heterocycles. The summed E-state index contributed by atoms with van der Waals surface area (Å²) in [7, 11) is 0. The molecule has 0 saturated heterocycles. The molecule has 15 rings (SSSR count). The molecule has 12 aromatic rings. The smallest absolute Gasteiger partial charge is 0.161 e. The molecular formula is C67H40N4. The summed E-state index contributed by atoms with van der Waals surface area (Å²) in [6.45, 7) is 0. The Balaban J connectivity index is 1.09. The van der Waals surface area contributed by atoms with Gasteiger partial charge in [-0.05, 0) is 166 Å². The molecule has 0 N–H and O–H groups in total. The zero-order valence-corrected chi connectivity index (χ0v) is 38.4. The highest BCUT2D eigenvalue weighted by Gasteiger charge is 2.53. The molecule has 3 aliphatic rings. The van der Waals surface area contributed by atoms with Crippen LogP contribution in [0.1, 0.15) is 22.3 Å². The van der Waals surface area contributed by atoms with Gasteiger partial charge in [-0.25, -0.2) is 9.97 Å². The van der Waals surface area contributed by atoms with Crippen LogP contribution < -0.4 is 0 Å². The standard InChI is InChI=1S/C67H40N4/c1-2-13-41(14-3-1)49-37-48-19-12-23-53-62(48)54(38-49)55-39-59-64(52-22-6-9-26-58(52)67(59)56-24-7-4-20-50(56)51-21-5-8-25-57(51)67)65(63(53)55)66-70-60(46-17-10-15-44(35-46)42-27-31-68-32-28-42)40-61(71-66)47-18-11-16-45(36-47)43-29-33-69-34-30-43/h1-40H. The van der Waals surface area contributed by atoms with Crippen LogP contribution >= 0.6 is 0 Å². The molecule has 4 heteroatoms. The predicted octanol–water partition coefficient (Wildman–Crippen LogP) is 16.4. The molecule has 0 bridgehead atoms. The minimum atomic E-state index is -0.591. The van der Waals surface area contributed by atoms with Crippen molar-refractivity contribution in [3.05, 3.63) is 265 Å². The molecule has 3 aliphatic carbocycles. The summed E-state index contributed by atoms with van der Waals surface area (Å²) < 4.78 is 0. The highest BCUT2D eigenvalue weighted by molar-refractivity contribution is 6.21. The summed E-state index contributed by atoms with van der Waals surface area (Å²) in [5, 5.41) is 2.47. The van der Waals surface area contributed by atoms with E-state index in [1.807, 2.05) is 24.8 Å². The molecule has 4 nitrogen and oxygen atoms in total. The average Bonchev–Trinajstić information content (AvgIpc) is 4.05. The minimum absolute atomic E-state index is 0.591. The fraction of sp³-hybridized carbons (Fsp3) is 0.0149. The maximum absolute atomic E-state index is 5.81. The largest absolute Gasteiger partial charge is 0.265 e. The Morgan fingerprint density at radius 3 is 1.38 bits per heavy atom. The van der Waals surface area contributed by atoms with E-state index in [9.17, 15) is 0 Å². The first-order valence-electron chi connectivity index (χ1n) is 24.3. The molecule has 9 aromatic carbocycles. The van der Waals surface area contributed by atoms with Crippen LogP contribution in [0.15, 0.2) is 243 Å². The van der Waals surface area contributed by atoms with Gasteiger partial charge in [-0.3, -0.25) is 9.97 Å². The van der Waals surface area contributed by atoms with E-state index in [-0.39, 0.29) is 0 Å². The van der Waals surface area contributed by atoms with E-state index in [4.69, 9.17) is 9.97 Å². The van der Waals surface area contributed by atoms with Crippen LogP contribution in [0.2, 0.25) is 0 Å². The fourth-order valence-corrected chi connectivity index (χ4v) is 12.3. The average molecular weight is 901 g/mol. The summed E-state index contributed by atoms with van der Waals surface area (Å²) in [5.41, 5.74) is 25.8. The number of aromatic nitrogens is 4. The van der Waals surface area contributed by atoms with E-state index < -0.39 is 5.41 Å². The molecule has 0 unspecified atom stereocenters. The van der Waals surface area contributed by atoms with Crippen LogP contribution in [0.3, 0.4) is 0 Å². The lowest BCUT2D eigenvalue weighted by atomic mass is 9.70. The van der Waals surface area contributed by atoms with Crippen molar-refractivity contribution in [3.63, 3.8) is 0 Å². The number of nitrogens with zero attached hydrogens (tertiary/aromatic N) is 4. The summed E-state index contributed by atoms with van der Waals surface area (Å²) in [6.07, 6.45) is 7.40. The summed E-state index contributed by atoms with van der Waals surface area (Å²) in [5.74, 6) is 0.689. The highest BCUT2D eigenvalue weighted by atomic mass is 14.9. The Bertz CT molecular complexity index is 4010. The fourth-order valence-electron chi connectivity index (χ4n) is 12.3. The number of hydrogen-bond donors (Lipinski definition) is 0. The van der Waals surface area contributed by atoms with Gasteiger partial charge in [0, 0.05) is 47.0 Å². The number of rotatable bonds is 6. The van der Waals surface area contributed by atoms with Crippen molar-refractivity contribution in [2.24, 2.45) is 0 Å². The number of hydrogen-bond acceptors (Lipinski definition) is 4. The van der Waals surface area contributed by atoms with E-state index >= 15 is 0 Å². The topological polar surface area (TPSA) is 51.6 Å². The van der Waals surface area contributed by atoms with Crippen molar-refractivity contribution in [2.75, 3.05) is 0 Å². The molecule has 0 saturated carbocycles. The van der Waals surface area contributed by atoms with Crippen molar-refractivity contribution in [1.29, 1.82) is 0 Å². The second kappa shape index (κ2) is 15.3. The van der Waals surface area contributed by atoms with Gasteiger partial charge in [0.2, 0.25) is 0 Å². The van der Waals surface area contributed by atoms with E-state index in [0.717, 1.165) is 50.3 Å². The zero-order chi connectivity index (χ0) is 46.6. The summed E-state index contributed by atoms with van der Waals surface area (Å²) in [4.78, 5) is 20.3. The van der Waals surface area contributed by atoms with Crippen molar-refractivity contribution in [3.8, 4) is 112 Å². The summed E-state index contributed by atoms with van der Waals surface area (Å²) in [6, 6.07) is 80.0. The quantitative estimate of drug-likeness (QED) is 0.167. The molecule has 71 heavy (non-hydrogen) atoms. The number of pyridine rings is 2. The molecule has 0 atom stereocenters. The first-order valence-corrected chi connectivity index (χ1v) is 24.3. The van der Waals surface area contributed by atoms with Gasteiger partial charge in [0.25, 0.3) is 0 Å². The van der Waals surface area contributed by atoms with Crippen LogP contribution in [0.25, 0.3) is 123 Å². The first-order chi connectivity index (χ1) is 35.2. The molecule has 0 radical (unpaired) electrons. The Morgan fingerprint density at radius 2 is 0.761 bits per heavy atom. The Kier molecular flexibility index (Phi) is 8.54. The van der Waals surface area contributed by atoms with Gasteiger partial charge >= 0.3 is 0 Å². The van der Waals surface area contributed by atoms with Crippen LogP contribution in [-0.4, -0.2) is 19.9 Å². The van der Waals surface area contributed by atoms with Gasteiger partial charge in [-0.1, -0.05) is 158 Å². The van der Waals surface area contributed by atoms with Crippen molar-refractivity contribution < 1.29 is 0 Å². The zero-order valence-electron chi connectivity index (χ0n) is 38.4. The molecule has 3 aromatic heterocycles. The van der Waals surface area contributed by atoms with Crippen molar-refractivity contribution in [1.82, 2.24) is 19.9 Å².